The van der Waals surface area contributed by atoms with Crippen molar-refractivity contribution >= 4 is 20.6 Å². The summed E-state index contributed by atoms with van der Waals surface area (Å²) in [5, 5.41) is 0.797. The van der Waals surface area contributed by atoms with Crippen LogP contribution in [0, 0.1) is 4.78 Å². The highest BCUT2D eigenvalue weighted by atomic mass is 32.2. The van der Waals surface area contributed by atoms with Gasteiger partial charge in [-0.3, -0.25) is 0 Å². The van der Waals surface area contributed by atoms with Gasteiger partial charge >= 0.3 is 0 Å². The molecule has 26 heavy (non-hydrogen) atoms. The summed E-state index contributed by atoms with van der Waals surface area (Å²) >= 11 is 0. The van der Waals surface area contributed by atoms with Crippen LogP contribution in [0.1, 0.15) is 18.4 Å². The smallest absolute Gasteiger partial charge is 0.224 e. The van der Waals surface area contributed by atoms with E-state index < -0.39 is 9.73 Å². The summed E-state index contributed by atoms with van der Waals surface area (Å²) in [4.78, 5) is 9.05. The third kappa shape index (κ3) is 3.22. The van der Waals surface area contributed by atoms with E-state index in [1.165, 1.54) is 6.33 Å². The lowest BCUT2D eigenvalue weighted by atomic mass is 10.2. The van der Waals surface area contributed by atoms with Gasteiger partial charge < -0.3 is 9.47 Å². The van der Waals surface area contributed by atoms with Crippen LogP contribution in [-0.2, 0) is 16.3 Å². The normalized spacial score (nSPS) is 16.2. The summed E-state index contributed by atoms with van der Waals surface area (Å²) < 4.78 is 31.9. The summed E-state index contributed by atoms with van der Waals surface area (Å²) in [6.07, 6.45) is 3.20. The number of benzene rings is 2. The lowest BCUT2D eigenvalue weighted by Crippen LogP contribution is -2.06. The molecule has 2 aromatic carbocycles. The van der Waals surface area contributed by atoms with Crippen molar-refractivity contribution in [2.75, 3.05) is 7.11 Å². The summed E-state index contributed by atoms with van der Waals surface area (Å²) in [7, 11) is -1.10. The Morgan fingerprint density at radius 1 is 1.19 bits per heavy atom. The van der Waals surface area contributed by atoms with Gasteiger partial charge in [0.1, 0.15) is 18.7 Å². The molecule has 0 bridgehead atoms. The molecule has 0 spiro atoms. The second-order valence-electron chi connectivity index (χ2n) is 6.30. The van der Waals surface area contributed by atoms with Crippen molar-refractivity contribution in [1.82, 2.24) is 9.97 Å². The van der Waals surface area contributed by atoms with Gasteiger partial charge in [-0.05, 0) is 42.7 Å². The zero-order valence-electron chi connectivity index (χ0n) is 14.3. The maximum absolute atomic E-state index is 12.6. The summed E-state index contributed by atoms with van der Waals surface area (Å²) in [6.45, 7) is 0.284. The second-order valence-corrected chi connectivity index (χ2v) is 8.64. The van der Waals surface area contributed by atoms with Crippen LogP contribution in [0.15, 0.2) is 53.7 Å². The minimum absolute atomic E-state index is 0.000503. The van der Waals surface area contributed by atoms with Crippen molar-refractivity contribution in [1.29, 1.82) is 4.78 Å². The quantitative estimate of drug-likeness (QED) is 0.714. The fourth-order valence-corrected chi connectivity index (χ4v) is 4.61. The average Bonchev–Trinajstić information content (AvgIpc) is 3.52. The number of hydrogen-bond donors (Lipinski definition) is 1. The molecule has 0 amide bonds. The molecule has 4 rings (SSSR count). The molecule has 1 saturated carbocycles. The Kier molecular flexibility index (Phi) is 4.24. The Labute approximate surface area is 152 Å². The minimum atomic E-state index is -2.71. The van der Waals surface area contributed by atoms with Gasteiger partial charge in [0.25, 0.3) is 0 Å². The van der Waals surface area contributed by atoms with E-state index >= 15 is 0 Å². The zero-order chi connectivity index (χ0) is 18.1. The molecule has 6 nitrogen and oxygen atoms in total. The van der Waals surface area contributed by atoms with Crippen LogP contribution >= 0.6 is 0 Å². The van der Waals surface area contributed by atoms with E-state index in [4.69, 9.17) is 14.3 Å². The van der Waals surface area contributed by atoms with E-state index in [0.29, 0.717) is 10.8 Å². The number of rotatable bonds is 6. The standard InChI is InChI=1S/C19H19N3O3S/c1-24-14-5-8-17-18(10-14)21-12-22-19(17)25-11-13-3-2-4-16(9-13)26(20,23)15-6-7-15/h2-5,8-10,12,15,20H,6-7,11H2,1H3. The monoisotopic (exact) mass is 369 g/mol. The van der Waals surface area contributed by atoms with Crippen LogP contribution in [0.2, 0.25) is 0 Å². The molecule has 1 aliphatic rings. The van der Waals surface area contributed by atoms with Crippen molar-refractivity contribution in [3.63, 3.8) is 0 Å². The largest absolute Gasteiger partial charge is 0.497 e. The van der Waals surface area contributed by atoms with Gasteiger partial charge in [-0.25, -0.2) is 19.0 Å². The second kappa shape index (κ2) is 6.57. The van der Waals surface area contributed by atoms with Crippen LogP contribution < -0.4 is 9.47 Å². The molecule has 1 atom stereocenters. The number of hydrogen-bond acceptors (Lipinski definition) is 6. The van der Waals surface area contributed by atoms with Gasteiger partial charge in [-0.15, -0.1) is 0 Å². The van der Waals surface area contributed by atoms with E-state index in [0.717, 1.165) is 35.1 Å². The van der Waals surface area contributed by atoms with Crippen LogP contribution in [0.3, 0.4) is 0 Å². The van der Waals surface area contributed by atoms with Crippen LogP contribution in [0.25, 0.3) is 10.9 Å². The molecule has 1 N–H and O–H groups in total. The Hall–Kier alpha value is -2.67. The molecular weight excluding hydrogens is 350 g/mol. The predicted molar refractivity (Wildman–Crippen MR) is 99.0 cm³/mol. The molecule has 0 aliphatic heterocycles. The van der Waals surface area contributed by atoms with Crippen LogP contribution in [0.5, 0.6) is 11.6 Å². The van der Waals surface area contributed by atoms with E-state index in [1.54, 1.807) is 19.2 Å². The van der Waals surface area contributed by atoms with E-state index in [1.807, 2.05) is 30.3 Å². The topological polar surface area (TPSA) is 85.2 Å². The maximum atomic E-state index is 12.6. The highest BCUT2D eigenvalue weighted by molar-refractivity contribution is 7.93. The van der Waals surface area contributed by atoms with Crippen molar-refractivity contribution in [2.24, 2.45) is 0 Å². The highest BCUT2D eigenvalue weighted by Gasteiger charge is 2.33. The first-order valence-corrected chi connectivity index (χ1v) is 9.98. The van der Waals surface area contributed by atoms with Gasteiger partial charge in [-0.2, -0.15) is 0 Å². The summed E-state index contributed by atoms with van der Waals surface area (Å²) in [5.74, 6) is 1.21. The van der Waals surface area contributed by atoms with Crippen LogP contribution in [-0.4, -0.2) is 26.5 Å². The van der Waals surface area contributed by atoms with Gasteiger partial charge in [0, 0.05) is 16.2 Å². The third-order valence-electron chi connectivity index (χ3n) is 4.43. The summed E-state index contributed by atoms with van der Waals surface area (Å²) in [6, 6.07) is 12.8. The number of fused-ring (bicyclic) bond motifs is 1. The molecule has 1 aromatic heterocycles. The molecule has 1 unspecified atom stereocenters. The Bertz CT molecular complexity index is 1060. The first-order valence-electron chi connectivity index (χ1n) is 8.36. The zero-order valence-corrected chi connectivity index (χ0v) is 15.2. The number of methoxy groups -OCH3 is 1. The Morgan fingerprint density at radius 3 is 2.81 bits per heavy atom. The maximum Gasteiger partial charge on any atom is 0.224 e. The lowest BCUT2D eigenvalue weighted by Gasteiger charge is -2.11. The fourth-order valence-electron chi connectivity index (χ4n) is 2.82. The predicted octanol–water partition coefficient (Wildman–Crippen LogP) is 3.79. The molecule has 3 aromatic rings. The molecular formula is C19H19N3O3S. The molecule has 0 saturated heterocycles. The highest BCUT2D eigenvalue weighted by Crippen LogP contribution is 2.34. The van der Waals surface area contributed by atoms with E-state index in [2.05, 4.69) is 9.97 Å². The van der Waals surface area contributed by atoms with Gasteiger partial charge in [0.05, 0.1) is 27.7 Å². The molecule has 7 heteroatoms. The fraction of sp³-hybridized carbons (Fsp3) is 0.263. The van der Waals surface area contributed by atoms with E-state index in [9.17, 15) is 4.21 Å². The van der Waals surface area contributed by atoms with Crippen molar-refractivity contribution in [2.45, 2.75) is 29.6 Å². The molecule has 0 radical (unpaired) electrons. The first kappa shape index (κ1) is 16.8. The third-order valence-corrected chi connectivity index (χ3v) is 6.79. The SMILES string of the molecule is COc1ccc2c(OCc3cccc(S(=N)(=O)C4CC4)c3)ncnc2c1. The van der Waals surface area contributed by atoms with E-state index in [-0.39, 0.29) is 11.9 Å². The molecule has 1 aliphatic carbocycles. The van der Waals surface area contributed by atoms with Gasteiger partial charge in [0.15, 0.2) is 0 Å². The number of aromatic nitrogens is 2. The van der Waals surface area contributed by atoms with Gasteiger partial charge in [-0.1, -0.05) is 12.1 Å². The Morgan fingerprint density at radius 2 is 2.04 bits per heavy atom. The number of nitrogens with one attached hydrogen (secondary N) is 1. The number of nitrogens with zero attached hydrogens (tertiary/aromatic N) is 2. The average molecular weight is 369 g/mol. The Balaban J connectivity index is 1.57. The summed E-state index contributed by atoms with van der Waals surface area (Å²) in [5.41, 5.74) is 1.61. The minimum Gasteiger partial charge on any atom is -0.497 e. The molecule has 1 fully saturated rings. The van der Waals surface area contributed by atoms with Gasteiger partial charge in [0.2, 0.25) is 5.88 Å². The lowest BCUT2D eigenvalue weighted by molar-refractivity contribution is 0.297. The van der Waals surface area contributed by atoms with Crippen molar-refractivity contribution in [3.8, 4) is 11.6 Å². The number of ether oxygens (including phenoxy) is 2. The molecule has 1 heterocycles. The van der Waals surface area contributed by atoms with Crippen molar-refractivity contribution < 1.29 is 13.7 Å². The van der Waals surface area contributed by atoms with Crippen LogP contribution in [0.4, 0.5) is 0 Å². The first-order chi connectivity index (χ1) is 12.6. The van der Waals surface area contributed by atoms with Crippen molar-refractivity contribution in [3.05, 3.63) is 54.4 Å². The molecule has 134 valence electrons.